The number of nitrogens with one attached hydrogen (secondary N) is 1. The molecule has 0 aliphatic carbocycles. The Hall–Kier alpha value is -1.70. The lowest BCUT2D eigenvalue weighted by molar-refractivity contribution is -0.145. The van der Waals surface area contributed by atoms with Gasteiger partial charge in [-0.2, -0.15) is 17.4 Å². The Morgan fingerprint density at radius 1 is 1.33 bits per heavy atom. The zero-order chi connectivity index (χ0) is 15.3. The van der Waals surface area contributed by atoms with Crippen LogP contribution in [0.1, 0.15) is 5.56 Å². The van der Waals surface area contributed by atoms with E-state index in [2.05, 4.69) is 4.72 Å². The van der Waals surface area contributed by atoms with E-state index in [1.165, 1.54) is 7.11 Å². The van der Waals surface area contributed by atoms with Crippen molar-refractivity contribution in [3.8, 4) is 0 Å². The first-order chi connectivity index (χ1) is 10.0. The van der Waals surface area contributed by atoms with Gasteiger partial charge in [0, 0.05) is 13.1 Å². The predicted molar refractivity (Wildman–Crippen MR) is 78.7 cm³/mol. The van der Waals surface area contributed by atoms with Gasteiger partial charge in [-0.05, 0) is 12.0 Å². The third-order valence-electron chi connectivity index (χ3n) is 3.24. The molecule has 0 spiro atoms. The van der Waals surface area contributed by atoms with Gasteiger partial charge >= 0.3 is 5.97 Å². The van der Waals surface area contributed by atoms with Crippen LogP contribution >= 0.6 is 0 Å². The summed E-state index contributed by atoms with van der Waals surface area (Å²) in [5.41, 5.74) is 0.872. The molecule has 0 radical (unpaired) electrons. The highest BCUT2D eigenvalue weighted by Crippen LogP contribution is 2.15. The fourth-order valence-corrected chi connectivity index (χ4v) is 3.42. The third kappa shape index (κ3) is 3.90. The molecule has 0 saturated carbocycles. The van der Waals surface area contributed by atoms with E-state index < -0.39 is 22.2 Å². The van der Waals surface area contributed by atoms with Crippen LogP contribution in [-0.4, -0.2) is 44.9 Å². The summed E-state index contributed by atoms with van der Waals surface area (Å²) < 4.78 is 32.8. The van der Waals surface area contributed by atoms with Gasteiger partial charge in [-0.15, -0.1) is 0 Å². The Morgan fingerprint density at radius 3 is 2.71 bits per heavy atom. The molecular formula is C14H18N2O4S. The van der Waals surface area contributed by atoms with Gasteiger partial charge in [-0.1, -0.05) is 42.5 Å². The van der Waals surface area contributed by atoms with Crippen LogP contribution in [0.15, 0.2) is 42.5 Å². The lowest BCUT2D eigenvalue weighted by atomic mass is 10.1. The molecule has 2 rings (SSSR count). The quantitative estimate of drug-likeness (QED) is 0.648. The van der Waals surface area contributed by atoms with Gasteiger partial charge in [0.15, 0.2) is 0 Å². The van der Waals surface area contributed by atoms with Crippen molar-refractivity contribution in [2.75, 3.05) is 20.2 Å². The summed E-state index contributed by atoms with van der Waals surface area (Å²) in [6.45, 7) is 0.361. The van der Waals surface area contributed by atoms with Gasteiger partial charge in [0.25, 0.3) is 10.2 Å². The van der Waals surface area contributed by atoms with Crippen LogP contribution in [0.25, 0.3) is 0 Å². The molecule has 1 atom stereocenters. The normalized spacial score (nSPS) is 19.7. The summed E-state index contributed by atoms with van der Waals surface area (Å²) in [5, 5.41) is 0. The second-order valence-corrected chi connectivity index (χ2v) is 6.33. The first-order valence-electron chi connectivity index (χ1n) is 6.58. The molecular weight excluding hydrogens is 292 g/mol. The molecule has 0 saturated heterocycles. The van der Waals surface area contributed by atoms with Gasteiger partial charge in [0.1, 0.15) is 6.04 Å². The Morgan fingerprint density at radius 2 is 2.05 bits per heavy atom. The topological polar surface area (TPSA) is 75.7 Å². The average Bonchev–Trinajstić information content (AvgIpc) is 2.66. The van der Waals surface area contributed by atoms with Gasteiger partial charge in [0.05, 0.1) is 7.11 Å². The molecule has 1 N–H and O–H groups in total. The van der Waals surface area contributed by atoms with E-state index in [1.54, 1.807) is 12.2 Å². The number of ether oxygens (including phenoxy) is 1. The van der Waals surface area contributed by atoms with Crippen LogP contribution in [-0.2, 0) is 26.2 Å². The maximum absolute atomic E-state index is 12.2. The van der Waals surface area contributed by atoms with Crippen molar-refractivity contribution in [3.63, 3.8) is 0 Å². The number of carbonyl (C=O) groups excluding carboxylic acids is 1. The van der Waals surface area contributed by atoms with E-state index in [0.29, 0.717) is 0 Å². The zero-order valence-corrected chi connectivity index (χ0v) is 12.5. The minimum atomic E-state index is -3.71. The van der Waals surface area contributed by atoms with Crippen molar-refractivity contribution in [1.29, 1.82) is 0 Å². The average molecular weight is 310 g/mol. The summed E-state index contributed by atoms with van der Waals surface area (Å²) in [4.78, 5) is 12.0. The van der Waals surface area contributed by atoms with Crippen LogP contribution in [0, 0.1) is 0 Å². The number of rotatable bonds is 4. The Balaban J connectivity index is 2.30. The summed E-state index contributed by atoms with van der Waals surface area (Å²) in [7, 11) is -2.46. The van der Waals surface area contributed by atoms with Crippen molar-refractivity contribution >= 4 is 16.2 Å². The minimum Gasteiger partial charge on any atom is -0.468 e. The van der Waals surface area contributed by atoms with Crippen LogP contribution in [0.2, 0.25) is 0 Å². The van der Waals surface area contributed by atoms with Gasteiger partial charge in [0.2, 0.25) is 0 Å². The molecule has 6 nitrogen and oxygen atoms in total. The molecule has 1 aliphatic rings. The molecule has 114 valence electrons. The van der Waals surface area contributed by atoms with Crippen LogP contribution in [0.5, 0.6) is 0 Å². The summed E-state index contributed by atoms with van der Waals surface area (Å²) >= 11 is 0. The highest BCUT2D eigenvalue weighted by Gasteiger charge is 2.35. The second kappa shape index (κ2) is 6.84. The SMILES string of the molecule is COC(=O)C(Cc1ccccc1)N1CC=CCNS1(=O)=O. The maximum Gasteiger partial charge on any atom is 0.324 e. The highest BCUT2D eigenvalue weighted by molar-refractivity contribution is 7.87. The second-order valence-electron chi connectivity index (χ2n) is 4.62. The summed E-state index contributed by atoms with van der Waals surface area (Å²) in [5.74, 6) is -0.570. The number of carbonyl (C=O) groups is 1. The van der Waals surface area contributed by atoms with E-state index in [-0.39, 0.29) is 19.5 Å². The molecule has 1 aromatic carbocycles. The largest absolute Gasteiger partial charge is 0.468 e. The van der Waals surface area contributed by atoms with Crippen molar-refractivity contribution in [1.82, 2.24) is 9.03 Å². The van der Waals surface area contributed by atoms with Gasteiger partial charge < -0.3 is 4.74 Å². The summed E-state index contributed by atoms with van der Waals surface area (Å²) in [6, 6.07) is 8.37. The number of methoxy groups -OCH3 is 1. The zero-order valence-electron chi connectivity index (χ0n) is 11.7. The summed E-state index contributed by atoms with van der Waals surface area (Å²) in [6.07, 6.45) is 3.70. The highest BCUT2D eigenvalue weighted by atomic mass is 32.2. The lowest BCUT2D eigenvalue weighted by Crippen LogP contribution is -2.50. The van der Waals surface area contributed by atoms with E-state index in [9.17, 15) is 13.2 Å². The molecule has 1 unspecified atom stereocenters. The molecule has 0 aromatic heterocycles. The maximum atomic E-state index is 12.2. The fourth-order valence-electron chi connectivity index (χ4n) is 2.17. The number of esters is 1. The first-order valence-corrected chi connectivity index (χ1v) is 8.02. The molecule has 0 amide bonds. The van der Waals surface area contributed by atoms with Gasteiger partial charge in [-0.3, -0.25) is 4.79 Å². The Labute approximate surface area is 124 Å². The fraction of sp³-hybridized carbons (Fsp3) is 0.357. The minimum absolute atomic E-state index is 0.141. The van der Waals surface area contributed by atoms with Crippen molar-refractivity contribution in [2.45, 2.75) is 12.5 Å². The smallest absolute Gasteiger partial charge is 0.324 e. The Bertz CT molecular complexity index is 613. The van der Waals surface area contributed by atoms with Crippen molar-refractivity contribution in [3.05, 3.63) is 48.0 Å². The number of hydrogen-bond acceptors (Lipinski definition) is 4. The predicted octanol–water partition coefficient (Wildman–Crippen LogP) is 0.477. The standard InChI is InChI=1S/C14H18N2O4S/c1-20-14(17)13(11-12-7-3-2-4-8-12)16-10-6-5-9-15-21(16,18)19/h2-8,13,15H,9-11H2,1H3. The number of hydrogen-bond donors (Lipinski definition) is 1. The molecule has 1 aromatic rings. The lowest BCUT2D eigenvalue weighted by Gasteiger charge is -2.27. The van der Waals surface area contributed by atoms with Crippen LogP contribution in [0.3, 0.4) is 0 Å². The van der Waals surface area contributed by atoms with Crippen molar-refractivity contribution < 1.29 is 17.9 Å². The Kier molecular flexibility index (Phi) is 5.11. The third-order valence-corrected chi connectivity index (χ3v) is 4.79. The number of nitrogens with zero attached hydrogens (tertiary/aromatic N) is 1. The monoisotopic (exact) mass is 310 g/mol. The van der Waals surface area contributed by atoms with E-state index >= 15 is 0 Å². The van der Waals surface area contributed by atoms with Crippen LogP contribution in [0.4, 0.5) is 0 Å². The van der Waals surface area contributed by atoms with Crippen molar-refractivity contribution in [2.24, 2.45) is 0 Å². The molecule has 1 aliphatic heterocycles. The van der Waals surface area contributed by atoms with E-state index in [4.69, 9.17) is 4.74 Å². The van der Waals surface area contributed by atoms with E-state index in [0.717, 1.165) is 9.87 Å². The van der Waals surface area contributed by atoms with Gasteiger partial charge in [-0.25, -0.2) is 0 Å². The van der Waals surface area contributed by atoms with Crippen LogP contribution < -0.4 is 4.72 Å². The molecule has 21 heavy (non-hydrogen) atoms. The molecule has 0 bridgehead atoms. The van der Waals surface area contributed by atoms with E-state index in [1.807, 2.05) is 30.3 Å². The first kappa shape index (κ1) is 15.7. The number of benzene rings is 1. The molecule has 1 heterocycles. The molecule has 0 fully saturated rings. The molecule has 7 heteroatoms.